The fraction of sp³-hybridized carbons (Fsp3) is 0.500. The SMILES string of the molecule is CC.CC.O=C1C=CC(=O)N1.O=C1CCC(=O)N1. The van der Waals surface area contributed by atoms with E-state index >= 15 is 0 Å². The van der Waals surface area contributed by atoms with Crippen LogP contribution < -0.4 is 10.6 Å². The van der Waals surface area contributed by atoms with Gasteiger partial charge in [0.2, 0.25) is 11.8 Å². The number of carbonyl (C=O) groups excluding carboxylic acids is 4. The molecule has 102 valence electrons. The highest BCUT2D eigenvalue weighted by Crippen LogP contribution is 1.95. The minimum atomic E-state index is -0.329. The second-order valence-electron chi connectivity index (χ2n) is 2.66. The molecule has 2 aliphatic rings. The lowest BCUT2D eigenvalue weighted by molar-refractivity contribution is -0.125. The summed E-state index contributed by atoms with van der Waals surface area (Å²) >= 11 is 0. The molecular formula is C12H20N2O4. The van der Waals surface area contributed by atoms with E-state index < -0.39 is 0 Å². The Balaban J connectivity index is 0. The number of carbonyl (C=O) groups is 4. The molecular weight excluding hydrogens is 236 g/mol. The van der Waals surface area contributed by atoms with E-state index in [1.807, 2.05) is 33.0 Å². The van der Waals surface area contributed by atoms with Crippen LogP contribution in [0.25, 0.3) is 0 Å². The predicted octanol–water partition coefficient (Wildman–Crippen LogP) is 0.674. The van der Waals surface area contributed by atoms with E-state index in [0.717, 1.165) is 0 Å². The third-order valence-electron chi connectivity index (χ3n) is 1.49. The first kappa shape index (κ1) is 18.4. The summed E-state index contributed by atoms with van der Waals surface area (Å²) < 4.78 is 0. The summed E-state index contributed by atoms with van der Waals surface area (Å²) in [6, 6.07) is 0. The molecule has 18 heavy (non-hydrogen) atoms. The van der Waals surface area contributed by atoms with Crippen LogP contribution >= 0.6 is 0 Å². The van der Waals surface area contributed by atoms with Gasteiger partial charge in [-0.2, -0.15) is 0 Å². The molecule has 2 heterocycles. The third-order valence-corrected chi connectivity index (χ3v) is 1.49. The van der Waals surface area contributed by atoms with Crippen molar-refractivity contribution < 1.29 is 19.2 Å². The maximum atomic E-state index is 10.1. The number of hydrogen-bond donors (Lipinski definition) is 2. The van der Waals surface area contributed by atoms with Crippen molar-refractivity contribution in [2.75, 3.05) is 0 Å². The number of nitrogens with one attached hydrogen (secondary N) is 2. The molecule has 0 aromatic heterocycles. The van der Waals surface area contributed by atoms with Crippen molar-refractivity contribution in [2.24, 2.45) is 0 Å². The zero-order chi connectivity index (χ0) is 14.6. The van der Waals surface area contributed by atoms with E-state index in [9.17, 15) is 19.2 Å². The lowest BCUT2D eigenvalue weighted by Gasteiger charge is -1.80. The number of rotatable bonds is 0. The summed E-state index contributed by atoms with van der Waals surface area (Å²) in [5.41, 5.74) is 0. The van der Waals surface area contributed by atoms with Crippen LogP contribution in [0.3, 0.4) is 0 Å². The van der Waals surface area contributed by atoms with E-state index in [-0.39, 0.29) is 23.6 Å². The van der Waals surface area contributed by atoms with Crippen LogP contribution in [0.4, 0.5) is 0 Å². The molecule has 0 aromatic carbocycles. The Hall–Kier alpha value is -1.98. The summed E-state index contributed by atoms with van der Waals surface area (Å²) in [7, 11) is 0. The molecule has 0 unspecified atom stereocenters. The minimum Gasteiger partial charge on any atom is -0.296 e. The summed E-state index contributed by atoms with van der Waals surface area (Å²) in [4.78, 5) is 40.3. The van der Waals surface area contributed by atoms with E-state index in [0.29, 0.717) is 12.8 Å². The van der Waals surface area contributed by atoms with Crippen molar-refractivity contribution in [3.05, 3.63) is 12.2 Å². The average molecular weight is 256 g/mol. The Morgan fingerprint density at radius 3 is 1.17 bits per heavy atom. The molecule has 6 heteroatoms. The average Bonchev–Trinajstić information content (AvgIpc) is 2.93. The van der Waals surface area contributed by atoms with Gasteiger partial charge in [0.25, 0.3) is 11.8 Å². The van der Waals surface area contributed by atoms with Crippen LogP contribution in [0, 0.1) is 0 Å². The van der Waals surface area contributed by atoms with Gasteiger partial charge in [0.1, 0.15) is 0 Å². The van der Waals surface area contributed by atoms with Crippen LogP contribution in [0.5, 0.6) is 0 Å². The quantitative estimate of drug-likeness (QED) is 0.623. The van der Waals surface area contributed by atoms with Crippen molar-refractivity contribution in [1.29, 1.82) is 0 Å². The van der Waals surface area contributed by atoms with Crippen LogP contribution in [0.15, 0.2) is 12.2 Å². The van der Waals surface area contributed by atoms with Gasteiger partial charge >= 0.3 is 0 Å². The highest BCUT2D eigenvalue weighted by atomic mass is 16.2. The molecule has 0 bridgehead atoms. The Kier molecular flexibility index (Phi) is 11.8. The normalized spacial score (nSPS) is 15.3. The summed E-state index contributed by atoms with van der Waals surface area (Å²) in [6.07, 6.45) is 3.14. The van der Waals surface area contributed by atoms with Crippen molar-refractivity contribution in [1.82, 2.24) is 10.6 Å². The Bertz CT molecular complexity index is 305. The summed E-state index contributed by atoms with van der Waals surface area (Å²) in [5, 5.41) is 4.17. The molecule has 0 radical (unpaired) electrons. The zero-order valence-corrected chi connectivity index (χ0v) is 11.2. The van der Waals surface area contributed by atoms with Crippen LogP contribution in [-0.4, -0.2) is 23.6 Å². The van der Waals surface area contributed by atoms with Gasteiger partial charge in [-0.1, -0.05) is 27.7 Å². The second kappa shape index (κ2) is 11.5. The Morgan fingerprint density at radius 2 is 1.06 bits per heavy atom. The van der Waals surface area contributed by atoms with Crippen molar-refractivity contribution in [3.63, 3.8) is 0 Å². The predicted molar refractivity (Wildman–Crippen MR) is 67.4 cm³/mol. The molecule has 2 aliphatic heterocycles. The molecule has 2 N–H and O–H groups in total. The fourth-order valence-corrected chi connectivity index (χ4v) is 0.864. The Labute approximate surface area is 107 Å². The van der Waals surface area contributed by atoms with Gasteiger partial charge in [-0.05, 0) is 0 Å². The van der Waals surface area contributed by atoms with Gasteiger partial charge in [0.05, 0.1) is 0 Å². The molecule has 0 spiro atoms. The van der Waals surface area contributed by atoms with E-state index in [1.165, 1.54) is 12.2 Å². The molecule has 0 aromatic rings. The molecule has 1 fully saturated rings. The van der Waals surface area contributed by atoms with Crippen molar-refractivity contribution >= 4 is 23.6 Å². The first-order valence-electron chi connectivity index (χ1n) is 5.93. The maximum absolute atomic E-state index is 10.1. The van der Waals surface area contributed by atoms with Gasteiger partial charge < -0.3 is 0 Å². The monoisotopic (exact) mass is 256 g/mol. The minimum absolute atomic E-state index is 0.148. The third kappa shape index (κ3) is 9.26. The van der Waals surface area contributed by atoms with E-state index in [2.05, 4.69) is 5.32 Å². The molecule has 0 aliphatic carbocycles. The Morgan fingerprint density at radius 1 is 0.722 bits per heavy atom. The van der Waals surface area contributed by atoms with E-state index in [1.54, 1.807) is 0 Å². The molecule has 6 nitrogen and oxygen atoms in total. The van der Waals surface area contributed by atoms with Crippen molar-refractivity contribution in [2.45, 2.75) is 40.5 Å². The summed E-state index contributed by atoms with van der Waals surface area (Å²) in [5.74, 6) is -0.954. The number of amides is 4. The molecule has 4 amide bonds. The van der Waals surface area contributed by atoms with E-state index in [4.69, 9.17) is 0 Å². The topological polar surface area (TPSA) is 92.3 Å². The van der Waals surface area contributed by atoms with Crippen LogP contribution in [0.2, 0.25) is 0 Å². The largest absolute Gasteiger partial charge is 0.296 e. The number of imide groups is 2. The molecule has 2 rings (SSSR count). The van der Waals surface area contributed by atoms with Gasteiger partial charge in [0, 0.05) is 25.0 Å². The fourth-order valence-electron chi connectivity index (χ4n) is 0.864. The molecule has 1 saturated heterocycles. The van der Waals surface area contributed by atoms with Gasteiger partial charge in [0.15, 0.2) is 0 Å². The molecule has 0 atom stereocenters. The maximum Gasteiger partial charge on any atom is 0.250 e. The number of hydrogen-bond acceptors (Lipinski definition) is 4. The van der Waals surface area contributed by atoms with Crippen LogP contribution in [0.1, 0.15) is 40.5 Å². The molecule has 0 saturated carbocycles. The first-order valence-corrected chi connectivity index (χ1v) is 5.93. The lowest BCUT2D eigenvalue weighted by atomic mass is 10.4. The smallest absolute Gasteiger partial charge is 0.250 e. The zero-order valence-electron chi connectivity index (χ0n) is 11.2. The lowest BCUT2D eigenvalue weighted by Crippen LogP contribution is -2.19. The standard InChI is InChI=1S/C4H5NO2.C4H3NO2.2C2H6/c2*6-3-1-2-4(7)5-3;2*1-2/h1-2H2,(H,5,6,7);1-2H,(H,5,6,7);2*1-2H3. The van der Waals surface area contributed by atoms with Gasteiger partial charge in [-0.15, -0.1) is 0 Å². The first-order chi connectivity index (χ1) is 8.58. The van der Waals surface area contributed by atoms with Gasteiger partial charge in [-0.25, -0.2) is 0 Å². The highest BCUT2D eigenvalue weighted by molar-refractivity contribution is 6.12. The van der Waals surface area contributed by atoms with Crippen molar-refractivity contribution in [3.8, 4) is 0 Å². The highest BCUT2D eigenvalue weighted by Gasteiger charge is 2.15. The van der Waals surface area contributed by atoms with Crippen LogP contribution in [-0.2, 0) is 19.2 Å². The summed E-state index contributed by atoms with van der Waals surface area (Å²) in [6.45, 7) is 8.00. The van der Waals surface area contributed by atoms with Gasteiger partial charge in [-0.3, -0.25) is 29.8 Å². The second-order valence-corrected chi connectivity index (χ2v) is 2.66.